The summed E-state index contributed by atoms with van der Waals surface area (Å²) in [5, 5.41) is 3.46. The highest BCUT2D eigenvalue weighted by molar-refractivity contribution is 5.35. The Morgan fingerprint density at radius 2 is 1.80 bits per heavy atom. The fourth-order valence-electron chi connectivity index (χ4n) is 3.18. The molecule has 0 radical (unpaired) electrons. The van der Waals surface area contributed by atoms with Crippen molar-refractivity contribution in [2.45, 2.75) is 18.9 Å². The van der Waals surface area contributed by atoms with Crippen molar-refractivity contribution in [3.05, 3.63) is 65.7 Å². The van der Waals surface area contributed by atoms with Gasteiger partial charge in [0.05, 0.1) is 6.61 Å². The van der Waals surface area contributed by atoms with Crippen LogP contribution in [0.3, 0.4) is 0 Å². The third-order valence-corrected chi connectivity index (χ3v) is 4.16. The first kappa shape index (κ1) is 13.2. The van der Waals surface area contributed by atoms with E-state index in [-0.39, 0.29) is 0 Å². The highest BCUT2D eigenvalue weighted by Gasteiger charge is 2.30. The van der Waals surface area contributed by atoms with E-state index in [1.807, 2.05) is 30.3 Å². The molecule has 1 aliphatic rings. The molecule has 2 unspecified atom stereocenters. The maximum absolute atomic E-state index is 5.83. The summed E-state index contributed by atoms with van der Waals surface area (Å²) in [6.07, 6.45) is 2.23. The zero-order chi connectivity index (χ0) is 13.8. The molecule has 0 bridgehead atoms. The molecule has 0 heterocycles. The molecule has 0 spiro atoms. The predicted octanol–water partition coefficient (Wildman–Crippen LogP) is 3.59. The molecule has 2 atom stereocenters. The van der Waals surface area contributed by atoms with E-state index >= 15 is 0 Å². The first-order valence-electron chi connectivity index (χ1n) is 7.31. The monoisotopic (exact) mass is 267 g/mol. The van der Waals surface area contributed by atoms with Gasteiger partial charge in [0, 0.05) is 6.04 Å². The lowest BCUT2D eigenvalue weighted by atomic mass is 9.97. The number of para-hydroxylation sites is 1. The molecule has 0 saturated carbocycles. The number of hydrogen-bond acceptors (Lipinski definition) is 2. The Balaban J connectivity index is 1.59. The van der Waals surface area contributed by atoms with E-state index in [1.54, 1.807) is 0 Å². The number of benzene rings is 2. The van der Waals surface area contributed by atoms with Gasteiger partial charge < -0.3 is 10.1 Å². The molecular weight excluding hydrogens is 246 g/mol. The van der Waals surface area contributed by atoms with Gasteiger partial charge in [0.1, 0.15) is 5.75 Å². The fourth-order valence-corrected chi connectivity index (χ4v) is 3.18. The lowest BCUT2D eigenvalue weighted by Crippen LogP contribution is -2.23. The van der Waals surface area contributed by atoms with E-state index in [0.717, 1.165) is 25.2 Å². The van der Waals surface area contributed by atoms with Gasteiger partial charge in [0.2, 0.25) is 0 Å². The van der Waals surface area contributed by atoms with Crippen LogP contribution in [0, 0.1) is 5.92 Å². The summed E-state index contributed by atoms with van der Waals surface area (Å²) in [5.41, 5.74) is 2.94. The smallest absolute Gasteiger partial charge is 0.119 e. The van der Waals surface area contributed by atoms with Gasteiger partial charge >= 0.3 is 0 Å². The summed E-state index contributed by atoms with van der Waals surface area (Å²) in [6.45, 7) is 0.779. The van der Waals surface area contributed by atoms with Gasteiger partial charge in [-0.25, -0.2) is 0 Å². The zero-order valence-electron chi connectivity index (χ0n) is 11.9. The van der Waals surface area contributed by atoms with E-state index in [1.165, 1.54) is 11.1 Å². The second-order valence-corrected chi connectivity index (χ2v) is 5.38. The van der Waals surface area contributed by atoms with Gasteiger partial charge in [-0.15, -0.1) is 0 Å². The average Bonchev–Trinajstić information content (AvgIpc) is 2.86. The second kappa shape index (κ2) is 6.10. The summed E-state index contributed by atoms with van der Waals surface area (Å²) in [5.74, 6) is 1.59. The van der Waals surface area contributed by atoms with E-state index in [4.69, 9.17) is 4.74 Å². The molecule has 1 aliphatic carbocycles. The molecule has 0 aliphatic heterocycles. The Kier molecular flexibility index (Phi) is 4.03. The number of fused-ring (bicyclic) bond motifs is 1. The molecule has 104 valence electrons. The summed E-state index contributed by atoms with van der Waals surface area (Å²) in [6, 6.07) is 19.3. The van der Waals surface area contributed by atoms with Gasteiger partial charge in [-0.05, 0) is 49.1 Å². The van der Waals surface area contributed by atoms with E-state index in [9.17, 15) is 0 Å². The first-order valence-corrected chi connectivity index (χ1v) is 7.31. The van der Waals surface area contributed by atoms with Gasteiger partial charge in [-0.2, -0.15) is 0 Å². The molecular formula is C18H21NO. The van der Waals surface area contributed by atoms with Crippen molar-refractivity contribution in [2.24, 2.45) is 5.92 Å². The number of nitrogens with one attached hydrogen (secondary N) is 1. The van der Waals surface area contributed by atoms with Crippen molar-refractivity contribution in [3.8, 4) is 5.75 Å². The number of ether oxygens (including phenoxy) is 1. The highest BCUT2D eigenvalue weighted by atomic mass is 16.5. The van der Waals surface area contributed by atoms with Crippen LogP contribution in [-0.4, -0.2) is 13.7 Å². The molecule has 20 heavy (non-hydrogen) atoms. The minimum Gasteiger partial charge on any atom is -0.494 e. The molecule has 1 N–H and O–H groups in total. The van der Waals surface area contributed by atoms with Crippen LogP contribution in [0.2, 0.25) is 0 Å². The van der Waals surface area contributed by atoms with Crippen molar-refractivity contribution < 1.29 is 4.74 Å². The maximum atomic E-state index is 5.83. The topological polar surface area (TPSA) is 21.3 Å². The van der Waals surface area contributed by atoms with Crippen LogP contribution in [0.4, 0.5) is 0 Å². The van der Waals surface area contributed by atoms with E-state index in [2.05, 4.69) is 36.6 Å². The van der Waals surface area contributed by atoms with Crippen LogP contribution >= 0.6 is 0 Å². The van der Waals surface area contributed by atoms with Crippen molar-refractivity contribution in [1.29, 1.82) is 0 Å². The standard InChI is InChI=1S/C18H21NO/c1-19-18-15(13-14-7-5-6-10-17(14)18)11-12-20-16-8-3-2-4-9-16/h2-10,15,18-19H,11-13H2,1H3. The lowest BCUT2D eigenvalue weighted by Gasteiger charge is -2.20. The summed E-state index contributed by atoms with van der Waals surface area (Å²) in [7, 11) is 2.05. The van der Waals surface area contributed by atoms with Crippen LogP contribution in [0.25, 0.3) is 0 Å². The summed E-state index contributed by atoms with van der Waals surface area (Å²) < 4.78 is 5.83. The van der Waals surface area contributed by atoms with Crippen LogP contribution in [-0.2, 0) is 6.42 Å². The minimum absolute atomic E-state index is 0.463. The van der Waals surface area contributed by atoms with Gasteiger partial charge in [0.15, 0.2) is 0 Å². The van der Waals surface area contributed by atoms with Crippen LogP contribution in [0.5, 0.6) is 5.75 Å². The Labute approximate surface area is 120 Å². The third-order valence-electron chi connectivity index (χ3n) is 4.16. The number of rotatable bonds is 5. The van der Waals surface area contributed by atoms with Crippen LogP contribution in [0.1, 0.15) is 23.6 Å². The van der Waals surface area contributed by atoms with Crippen molar-refractivity contribution in [1.82, 2.24) is 5.32 Å². The Hall–Kier alpha value is -1.80. The van der Waals surface area contributed by atoms with Gasteiger partial charge in [-0.1, -0.05) is 42.5 Å². The molecule has 0 aromatic heterocycles. The quantitative estimate of drug-likeness (QED) is 0.894. The van der Waals surface area contributed by atoms with Gasteiger partial charge in [0.25, 0.3) is 0 Å². The summed E-state index contributed by atoms with van der Waals surface area (Å²) >= 11 is 0. The minimum atomic E-state index is 0.463. The average molecular weight is 267 g/mol. The van der Waals surface area contributed by atoms with Crippen molar-refractivity contribution in [3.63, 3.8) is 0 Å². The molecule has 0 fully saturated rings. The van der Waals surface area contributed by atoms with Crippen molar-refractivity contribution >= 4 is 0 Å². The normalized spacial score (nSPS) is 20.6. The Morgan fingerprint density at radius 3 is 2.60 bits per heavy atom. The SMILES string of the molecule is CNC1c2ccccc2CC1CCOc1ccccc1. The molecule has 2 aromatic rings. The number of hydrogen-bond donors (Lipinski definition) is 1. The first-order chi connectivity index (χ1) is 9.88. The summed E-state index contributed by atoms with van der Waals surface area (Å²) in [4.78, 5) is 0. The Morgan fingerprint density at radius 1 is 1.05 bits per heavy atom. The molecule has 3 rings (SSSR count). The van der Waals surface area contributed by atoms with Gasteiger partial charge in [-0.3, -0.25) is 0 Å². The molecule has 2 nitrogen and oxygen atoms in total. The van der Waals surface area contributed by atoms with E-state index in [0.29, 0.717) is 12.0 Å². The van der Waals surface area contributed by atoms with Crippen LogP contribution < -0.4 is 10.1 Å². The lowest BCUT2D eigenvalue weighted by molar-refractivity contribution is 0.259. The molecule has 2 heteroatoms. The zero-order valence-corrected chi connectivity index (χ0v) is 11.9. The predicted molar refractivity (Wildman–Crippen MR) is 82.0 cm³/mol. The Bertz CT molecular complexity index is 552. The largest absolute Gasteiger partial charge is 0.494 e. The van der Waals surface area contributed by atoms with E-state index < -0.39 is 0 Å². The highest BCUT2D eigenvalue weighted by Crippen LogP contribution is 2.37. The molecule has 0 saturated heterocycles. The molecule has 0 amide bonds. The fraction of sp³-hybridized carbons (Fsp3) is 0.333. The van der Waals surface area contributed by atoms with Crippen LogP contribution in [0.15, 0.2) is 54.6 Å². The second-order valence-electron chi connectivity index (χ2n) is 5.38. The molecule has 2 aromatic carbocycles. The van der Waals surface area contributed by atoms with Crippen molar-refractivity contribution in [2.75, 3.05) is 13.7 Å². The third kappa shape index (κ3) is 2.70. The maximum Gasteiger partial charge on any atom is 0.119 e.